The minimum atomic E-state index is -0.521. The highest BCUT2D eigenvalue weighted by molar-refractivity contribution is 6.11. The molecule has 0 amide bonds. The fourth-order valence-corrected chi connectivity index (χ4v) is 3.53. The first kappa shape index (κ1) is 20.3. The number of hydrogen-bond acceptors (Lipinski definition) is 5. The van der Waals surface area contributed by atoms with Crippen LogP contribution in [-0.2, 0) is 9.53 Å². The molecule has 0 atom stereocenters. The number of ether oxygens (including phenoxy) is 2. The predicted molar refractivity (Wildman–Crippen MR) is 110 cm³/mol. The summed E-state index contributed by atoms with van der Waals surface area (Å²) < 4.78 is 12.4. The minimum absolute atomic E-state index is 0.0888. The predicted octanol–water partition coefficient (Wildman–Crippen LogP) is 4.29. The summed E-state index contributed by atoms with van der Waals surface area (Å²) in [5.74, 6) is -0.555. The quantitative estimate of drug-likeness (QED) is 0.442. The largest absolute Gasteiger partial charge is 0.481 e. The summed E-state index contributed by atoms with van der Waals surface area (Å²) >= 11 is 0. The molecular weight excluding hydrogens is 370 g/mol. The Balaban J connectivity index is 2.24. The molecule has 6 heteroatoms. The molecule has 0 unspecified atom stereocenters. The zero-order valence-electron chi connectivity index (χ0n) is 16.9. The number of carbonyl (C=O) groups excluding carboxylic acids is 3. The fraction of sp³-hybridized carbons (Fsp3) is 0.261. The maximum absolute atomic E-state index is 12.4. The van der Waals surface area contributed by atoms with E-state index in [1.54, 1.807) is 19.1 Å². The molecular formula is C23H23NO5. The summed E-state index contributed by atoms with van der Waals surface area (Å²) in [4.78, 5) is 36.4. The number of hydrogen-bond donors (Lipinski definition) is 0. The van der Waals surface area contributed by atoms with E-state index in [2.05, 4.69) is 0 Å². The Bertz CT molecular complexity index is 1100. The van der Waals surface area contributed by atoms with Gasteiger partial charge in [-0.1, -0.05) is 18.2 Å². The van der Waals surface area contributed by atoms with Gasteiger partial charge in [-0.25, -0.2) is 4.79 Å². The average Bonchev–Trinajstić information content (AvgIpc) is 2.97. The van der Waals surface area contributed by atoms with E-state index in [1.807, 2.05) is 41.8 Å². The lowest BCUT2D eigenvalue weighted by Gasteiger charge is -2.12. The number of fused-ring (bicyclic) bond motifs is 1. The molecule has 29 heavy (non-hydrogen) atoms. The Hall–Kier alpha value is -3.41. The lowest BCUT2D eigenvalue weighted by Crippen LogP contribution is -2.15. The Morgan fingerprint density at radius 1 is 1.00 bits per heavy atom. The van der Waals surface area contributed by atoms with E-state index < -0.39 is 5.97 Å². The second kappa shape index (κ2) is 8.31. The summed E-state index contributed by atoms with van der Waals surface area (Å²) in [6, 6.07) is 13.0. The van der Waals surface area contributed by atoms with E-state index in [4.69, 9.17) is 9.47 Å². The molecule has 1 heterocycles. The highest BCUT2D eigenvalue weighted by Gasteiger charge is 2.22. The van der Waals surface area contributed by atoms with Crippen molar-refractivity contribution in [2.24, 2.45) is 0 Å². The van der Waals surface area contributed by atoms with Gasteiger partial charge in [-0.2, -0.15) is 0 Å². The fourth-order valence-electron chi connectivity index (χ4n) is 3.53. The van der Waals surface area contributed by atoms with E-state index in [0.29, 0.717) is 16.5 Å². The number of Topliss-reactive ketones (excluding diaryl/α,β-unsaturated/α-hetero) is 2. The summed E-state index contributed by atoms with van der Waals surface area (Å²) in [7, 11) is 0. The van der Waals surface area contributed by atoms with Gasteiger partial charge in [-0.05, 0) is 52.0 Å². The van der Waals surface area contributed by atoms with Crippen molar-refractivity contribution >= 4 is 28.4 Å². The van der Waals surface area contributed by atoms with E-state index in [0.717, 1.165) is 16.9 Å². The molecule has 2 aromatic carbocycles. The van der Waals surface area contributed by atoms with Crippen molar-refractivity contribution in [3.63, 3.8) is 0 Å². The smallest absolute Gasteiger partial charge is 0.344 e. The van der Waals surface area contributed by atoms with Gasteiger partial charge in [0, 0.05) is 22.3 Å². The maximum atomic E-state index is 12.4. The average molecular weight is 393 g/mol. The van der Waals surface area contributed by atoms with Gasteiger partial charge in [0.15, 0.2) is 18.2 Å². The van der Waals surface area contributed by atoms with Crippen LogP contribution in [0.4, 0.5) is 0 Å². The number of aromatic nitrogens is 1. The molecule has 3 rings (SSSR count). The number of para-hydroxylation sites is 1. The second-order valence-electron chi connectivity index (χ2n) is 6.70. The van der Waals surface area contributed by atoms with Crippen LogP contribution in [0.1, 0.15) is 47.2 Å². The molecule has 0 saturated heterocycles. The van der Waals surface area contributed by atoms with Gasteiger partial charge in [0.2, 0.25) is 0 Å². The van der Waals surface area contributed by atoms with Gasteiger partial charge in [0.05, 0.1) is 17.7 Å². The molecule has 0 saturated carbocycles. The Labute approximate surface area is 169 Å². The van der Waals surface area contributed by atoms with Crippen LogP contribution in [0, 0.1) is 6.92 Å². The van der Waals surface area contributed by atoms with Crippen LogP contribution in [0.5, 0.6) is 5.75 Å². The van der Waals surface area contributed by atoms with Crippen LogP contribution in [0.15, 0.2) is 42.5 Å². The van der Waals surface area contributed by atoms with Crippen LogP contribution in [0.2, 0.25) is 0 Å². The van der Waals surface area contributed by atoms with Gasteiger partial charge >= 0.3 is 5.97 Å². The van der Waals surface area contributed by atoms with Gasteiger partial charge in [0.25, 0.3) is 0 Å². The third-order valence-corrected chi connectivity index (χ3v) is 4.70. The number of esters is 1. The lowest BCUT2D eigenvalue weighted by molar-refractivity contribution is -0.145. The first-order chi connectivity index (χ1) is 13.8. The molecule has 150 valence electrons. The van der Waals surface area contributed by atoms with Crippen LogP contribution in [-0.4, -0.2) is 35.3 Å². The Kier molecular flexibility index (Phi) is 5.82. The number of ketones is 2. The number of rotatable bonds is 7. The molecule has 1 aromatic heterocycles. The summed E-state index contributed by atoms with van der Waals surface area (Å²) in [5.41, 5.74) is 3.28. The molecule has 6 nitrogen and oxygen atoms in total. The zero-order chi connectivity index (χ0) is 21.1. The molecule has 0 radical (unpaired) electrons. The maximum Gasteiger partial charge on any atom is 0.344 e. The van der Waals surface area contributed by atoms with Crippen LogP contribution < -0.4 is 4.74 Å². The molecule has 0 spiro atoms. The van der Waals surface area contributed by atoms with E-state index >= 15 is 0 Å². The van der Waals surface area contributed by atoms with Crippen LogP contribution >= 0.6 is 0 Å². The van der Waals surface area contributed by atoms with Crippen molar-refractivity contribution in [1.29, 1.82) is 0 Å². The van der Waals surface area contributed by atoms with Crippen LogP contribution in [0.25, 0.3) is 16.6 Å². The van der Waals surface area contributed by atoms with E-state index in [1.165, 1.54) is 13.8 Å². The third kappa shape index (κ3) is 3.92. The zero-order valence-corrected chi connectivity index (χ0v) is 16.9. The topological polar surface area (TPSA) is 74.6 Å². The second-order valence-corrected chi connectivity index (χ2v) is 6.70. The molecule has 0 N–H and O–H groups in total. The molecule has 0 aliphatic heterocycles. The molecule has 3 aromatic rings. The standard InChI is InChI=1S/C23H23NO5/c1-5-28-22(27)13-29-21-12-19-20(11-18(21)15(3)25)24(14(2)23(19)16(4)26)17-9-7-6-8-10-17/h6-12H,5,13H2,1-4H3. The summed E-state index contributed by atoms with van der Waals surface area (Å²) in [6.07, 6.45) is 0. The van der Waals surface area contributed by atoms with Crippen molar-refractivity contribution in [3.05, 3.63) is 59.3 Å². The molecule has 0 aliphatic carbocycles. The Morgan fingerprint density at radius 3 is 2.28 bits per heavy atom. The first-order valence-corrected chi connectivity index (χ1v) is 9.39. The number of nitrogens with zero attached hydrogens (tertiary/aromatic N) is 1. The summed E-state index contributed by atoms with van der Waals surface area (Å²) in [6.45, 7) is 6.46. The highest BCUT2D eigenvalue weighted by Crippen LogP contribution is 2.35. The van der Waals surface area contributed by atoms with E-state index in [9.17, 15) is 14.4 Å². The third-order valence-electron chi connectivity index (χ3n) is 4.70. The van der Waals surface area contributed by atoms with E-state index in [-0.39, 0.29) is 30.5 Å². The van der Waals surface area contributed by atoms with Crippen LogP contribution in [0.3, 0.4) is 0 Å². The first-order valence-electron chi connectivity index (χ1n) is 9.39. The van der Waals surface area contributed by atoms with Gasteiger partial charge in [-0.15, -0.1) is 0 Å². The van der Waals surface area contributed by atoms with Crippen molar-refractivity contribution in [2.75, 3.05) is 13.2 Å². The highest BCUT2D eigenvalue weighted by atomic mass is 16.6. The molecule has 0 fully saturated rings. The normalized spacial score (nSPS) is 10.8. The van der Waals surface area contributed by atoms with Crippen molar-refractivity contribution < 1.29 is 23.9 Å². The molecule has 0 bridgehead atoms. The Morgan fingerprint density at radius 2 is 1.69 bits per heavy atom. The lowest BCUT2D eigenvalue weighted by atomic mass is 10.0. The van der Waals surface area contributed by atoms with Gasteiger partial charge in [-0.3, -0.25) is 9.59 Å². The van der Waals surface area contributed by atoms with Gasteiger partial charge in [0.1, 0.15) is 5.75 Å². The monoisotopic (exact) mass is 393 g/mol. The minimum Gasteiger partial charge on any atom is -0.481 e. The van der Waals surface area contributed by atoms with Crippen molar-refractivity contribution in [3.8, 4) is 11.4 Å². The van der Waals surface area contributed by atoms with Crippen molar-refractivity contribution in [1.82, 2.24) is 4.57 Å². The number of carbonyl (C=O) groups is 3. The molecule has 0 aliphatic rings. The SMILES string of the molecule is CCOC(=O)COc1cc2c(C(C)=O)c(C)n(-c3ccccc3)c2cc1C(C)=O. The van der Waals surface area contributed by atoms with Crippen molar-refractivity contribution in [2.45, 2.75) is 27.7 Å². The summed E-state index contributed by atoms with van der Waals surface area (Å²) in [5, 5.41) is 0.669. The van der Waals surface area contributed by atoms with Gasteiger partial charge < -0.3 is 14.0 Å². The number of benzene rings is 2.